The second kappa shape index (κ2) is 6.42. The third-order valence-electron chi connectivity index (χ3n) is 3.65. The van der Waals surface area contributed by atoms with Crippen molar-refractivity contribution in [3.05, 3.63) is 78.4 Å². The summed E-state index contributed by atoms with van der Waals surface area (Å²) in [5.41, 5.74) is 7.32. The Hall–Kier alpha value is -2.32. The van der Waals surface area contributed by atoms with Gasteiger partial charge in [-0.1, -0.05) is 60.7 Å². The van der Waals surface area contributed by atoms with Crippen molar-refractivity contribution in [1.82, 2.24) is 0 Å². The summed E-state index contributed by atoms with van der Waals surface area (Å²) in [6.07, 6.45) is 0.802. The van der Waals surface area contributed by atoms with Crippen LogP contribution in [0.4, 0.5) is 0 Å². The van der Waals surface area contributed by atoms with Gasteiger partial charge in [-0.2, -0.15) is 0 Å². The molecule has 0 bridgehead atoms. The molecule has 0 aliphatic carbocycles. The van der Waals surface area contributed by atoms with E-state index < -0.39 is 0 Å². The molecule has 2 nitrogen and oxygen atoms in total. The minimum atomic E-state index is 0.0201. The van der Waals surface area contributed by atoms with Gasteiger partial charge in [0.2, 0.25) is 0 Å². The Labute approximate surface area is 125 Å². The Balaban J connectivity index is 1.59. The van der Waals surface area contributed by atoms with Crippen LogP contribution in [0.15, 0.2) is 72.8 Å². The highest BCUT2D eigenvalue weighted by Gasteiger charge is 2.05. The van der Waals surface area contributed by atoms with Crippen molar-refractivity contribution >= 4 is 10.8 Å². The van der Waals surface area contributed by atoms with Gasteiger partial charge in [0.25, 0.3) is 0 Å². The molecule has 1 unspecified atom stereocenters. The van der Waals surface area contributed by atoms with Gasteiger partial charge >= 0.3 is 0 Å². The van der Waals surface area contributed by atoms with E-state index in [1.807, 2.05) is 36.4 Å². The standard InChI is InChI=1S/C19H19NO/c20-19(16-7-2-1-3-8-16)12-13-21-18-11-10-15-6-4-5-9-17(15)14-18/h1-11,14,19H,12-13,20H2. The number of hydrogen-bond acceptors (Lipinski definition) is 2. The lowest BCUT2D eigenvalue weighted by atomic mass is 10.1. The number of hydrogen-bond donors (Lipinski definition) is 1. The van der Waals surface area contributed by atoms with Crippen LogP contribution < -0.4 is 10.5 Å². The van der Waals surface area contributed by atoms with E-state index in [1.165, 1.54) is 10.8 Å². The predicted octanol–water partition coefficient (Wildman–Crippen LogP) is 4.31. The van der Waals surface area contributed by atoms with Crippen molar-refractivity contribution in [3.8, 4) is 5.75 Å². The largest absolute Gasteiger partial charge is 0.494 e. The van der Waals surface area contributed by atoms with Gasteiger partial charge < -0.3 is 10.5 Å². The fraction of sp³-hybridized carbons (Fsp3) is 0.158. The number of ether oxygens (including phenoxy) is 1. The Kier molecular flexibility index (Phi) is 4.17. The maximum absolute atomic E-state index is 6.17. The molecule has 3 aromatic carbocycles. The van der Waals surface area contributed by atoms with E-state index in [9.17, 15) is 0 Å². The lowest BCUT2D eigenvalue weighted by Gasteiger charge is -2.13. The molecule has 106 valence electrons. The maximum atomic E-state index is 6.17. The summed E-state index contributed by atoms with van der Waals surface area (Å²) in [4.78, 5) is 0. The number of nitrogens with two attached hydrogens (primary N) is 1. The van der Waals surface area contributed by atoms with E-state index in [0.717, 1.165) is 17.7 Å². The van der Waals surface area contributed by atoms with Crippen LogP contribution >= 0.6 is 0 Å². The molecule has 1 atom stereocenters. The van der Waals surface area contributed by atoms with Crippen LogP contribution in [0.5, 0.6) is 5.75 Å². The van der Waals surface area contributed by atoms with Crippen molar-refractivity contribution in [1.29, 1.82) is 0 Å². The topological polar surface area (TPSA) is 35.2 Å². The highest BCUT2D eigenvalue weighted by molar-refractivity contribution is 5.83. The Morgan fingerprint density at radius 2 is 1.52 bits per heavy atom. The molecule has 0 aliphatic heterocycles. The summed E-state index contributed by atoms with van der Waals surface area (Å²) in [6, 6.07) is 24.6. The fourth-order valence-corrected chi connectivity index (χ4v) is 2.43. The third kappa shape index (κ3) is 3.41. The first-order valence-corrected chi connectivity index (χ1v) is 7.25. The van der Waals surface area contributed by atoms with Crippen LogP contribution in [-0.2, 0) is 0 Å². The monoisotopic (exact) mass is 277 g/mol. The van der Waals surface area contributed by atoms with Crippen LogP contribution in [0, 0.1) is 0 Å². The SMILES string of the molecule is NC(CCOc1ccc2ccccc2c1)c1ccccc1. The molecule has 0 amide bonds. The number of rotatable bonds is 5. The minimum Gasteiger partial charge on any atom is -0.494 e. The van der Waals surface area contributed by atoms with E-state index in [1.54, 1.807) is 0 Å². The second-order valence-corrected chi connectivity index (χ2v) is 5.16. The van der Waals surface area contributed by atoms with Gasteiger partial charge in [0.15, 0.2) is 0 Å². The van der Waals surface area contributed by atoms with Crippen LogP contribution in [0.1, 0.15) is 18.0 Å². The molecule has 3 aromatic rings. The molecule has 2 N–H and O–H groups in total. The van der Waals surface area contributed by atoms with E-state index in [0.29, 0.717) is 6.61 Å². The summed E-state index contributed by atoms with van der Waals surface area (Å²) < 4.78 is 5.83. The number of benzene rings is 3. The first-order chi connectivity index (χ1) is 10.3. The summed E-state index contributed by atoms with van der Waals surface area (Å²) in [5, 5.41) is 2.42. The zero-order chi connectivity index (χ0) is 14.5. The van der Waals surface area contributed by atoms with Crippen LogP contribution in [0.25, 0.3) is 10.8 Å². The van der Waals surface area contributed by atoms with Gasteiger partial charge in [-0.25, -0.2) is 0 Å². The molecule has 2 heteroatoms. The number of fused-ring (bicyclic) bond motifs is 1. The zero-order valence-corrected chi connectivity index (χ0v) is 11.9. The van der Waals surface area contributed by atoms with Gasteiger partial charge in [0.1, 0.15) is 5.75 Å². The van der Waals surface area contributed by atoms with Crippen molar-refractivity contribution in [2.75, 3.05) is 6.61 Å². The molecule has 0 spiro atoms. The van der Waals surface area contributed by atoms with Gasteiger partial charge in [-0.15, -0.1) is 0 Å². The van der Waals surface area contributed by atoms with Gasteiger partial charge in [0, 0.05) is 12.5 Å². The first kappa shape index (κ1) is 13.7. The average molecular weight is 277 g/mol. The van der Waals surface area contributed by atoms with Gasteiger partial charge in [-0.3, -0.25) is 0 Å². The normalized spacial score (nSPS) is 12.2. The highest BCUT2D eigenvalue weighted by Crippen LogP contribution is 2.21. The Morgan fingerprint density at radius 1 is 0.810 bits per heavy atom. The average Bonchev–Trinajstić information content (AvgIpc) is 2.55. The maximum Gasteiger partial charge on any atom is 0.119 e. The van der Waals surface area contributed by atoms with E-state index in [2.05, 4.69) is 36.4 Å². The van der Waals surface area contributed by atoms with Crippen LogP contribution in [0.3, 0.4) is 0 Å². The van der Waals surface area contributed by atoms with Crippen molar-refractivity contribution in [2.45, 2.75) is 12.5 Å². The fourth-order valence-electron chi connectivity index (χ4n) is 2.43. The Bertz CT molecular complexity index is 709. The van der Waals surface area contributed by atoms with E-state index >= 15 is 0 Å². The van der Waals surface area contributed by atoms with E-state index in [4.69, 9.17) is 10.5 Å². The minimum absolute atomic E-state index is 0.0201. The summed E-state index contributed by atoms with van der Waals surface area (Å²) in [7, 11) is 0. The highest BCUT2D eigenvalue weighted by atomic mass is 16.5. The molecule has 0 radical (unpaired) electrons. The van der Waals surface area contributed by atoms with Crippen molar-refractivity contribution < 1.29 is 4.74 Å². The van der Waals surface area contributed by atoms with E-state index in [-0.39, 0.29) is 6.04 Å². The Morgan fingerprint density at radius 3 is 2.33 bits per heavy atom. The molecule has 0 heterocycles. The third-order valence-corrected chi connectivity index (χ3v) is 3.65. The molecule has 0 fully saturated rings. The smallest absolute Gasteiger partial charge is 0.119 e. The zero-order valence-electron chi connectivity index (χ0n) is 11.9. The van der Waals surface area contributed by atoms with Gasteiger partial charge in [0.05, 0.1) is 6.61 Å². The molecule has 0 aliphatic rings. The molecule has 0 saturated heterocycles. The molecule has 21 heavy (non-hydrogen) atoms. The lowest BCUT2D eigenvalue weighted by Crippen LogP contribution is -2.14. The molecular formula is C19H19NO. The first-order valence-electron chi connectivity index (χ1n) is 7.25. The second-order valence-electron chi connectivity index (χ2n) is 5.16. The summed E-state index contributed by atoms with van der Waals surface area (Å²) in [6.45, 7) is 0.619. The predicted molar refractivity (Wildman–Crippen MR) is 87.4 cm³/mol. The van der Waals surface area contributed by atoms with Crippen molar-refractivity contribution in [2.24, 2.45) is 5.73 Å². The van der Waals surface area contributed by atoms with Crippen LogP contribution in [-0.4, -0.2) is 6.61 Å². The molecule has 3 rings (SSSR count). The van der Waals surface area contributed by atoms with Crippen molar-refractivity contribution in [3.63, 3.8) is 0 Å². The van der Waals surface area contributed by atoms with Gasteiger partial charge in [-0.05, 0) is 28.5 Å². The molecule has 0 saturated carbocycles. The molecule has 0 aromatic heterocycles. The molecular weight excluding hydrogens is 258 g/mol. The quantitative estimate of drug-likeness (QED) is 0.754. The lowest BCUT2D eigenvalue weighted by molar-refractivity contribution is 0.299. The summed E-state index contributed by atoms with van der Waals surface area (Å²) >= 11 is 0. The summed E-state index contributed by atoms with van der Waals surface area (Å²) in [5.74, 6) is 0.897. The van der Waals surface area contributed by atoms with Crippen LogP contribution in [0.2, 0.25) is 0 Å².